The van der Waals surface area contributed by atoms with E-state index in [2.05, 4.69) is 10.3 Å². The van der Waals surface area contributed by atoms with Gasteiger partial charge in [0.2, 0.25) is 0 Å². The molecule has 1 aromatic heterocycles. The molecular formula is C13H20ClN3O2. The molecule has 0 atom stereocenters. The van der Waals surface area contributed by atoms with Crippen molar-refractivity contribution in [1.82, 2.24) is 9.88 Å². The molecule has 0 aliphatic carbocycles. The number of aliphatic hydroxyl groups is 1. The second-order valence-corrected chi connectivity index (χ2v) is 5.32. The maximum Gasteiger partial charge on any atom is 0.255 e. The van der Waals surface area contributed by atoms with Crippen molar-refractivity contribution in [1.29, 1.82) is 0 Å². The van der Waals surface area contributed by atoms with Crippen LogP contribution in [0, 0.1) is 0 Å². The average molecular weight is 286 g/mol. The Kier molecular flexibility index (Phi) is 5.14. The van der Waals surface area contributed by atoms with Crippen LogP contribution in [-0.2, 0) is 0 Å². The van der Waals surface area contributed by atoms with E-state index in [0.717, 1.165) is 0 Å². The Hall–Kier alpha value is -1.33. The van der Waals surface area contributed by atoms with Gasteiger partial charge in [-0.1, -0.05) is 11.6 Å². The maximum atomic E-state index is 12.4. The molecule has 0 aliphatic rings. The van der Waals surface area contributed by atoms with Gasteiger partial charge >= 0.3 is 0 Å². The third kappa shape index (κ3) is 3.58. The van der Waals surface area contributed by atoms with E-state index in [9.17, 15) is 9.90 Å². The number of rotatable bonds is 5. The highest BCUT2D eigenvalue weighted by Crippen LogP contribution is 2.22. The number of anilines is 1. The second-order valence-electron chi connectivity index (χ2n) is 4.91. The first-order valence-electron chi connectivity index (χ1n) is 6.12. The molecule has 0 aliphatic heterocycles. The van der Waals surface area contributed by atoms with Crippen LogP contribution in [0.4, 0.5) is 5.82 Å². The Morgan fingerprint density at radius 1 is 1.58 bits per heavy atom. The lowest BCUT2D eigenvalue weighted by Gasteiger charge is -2.34. The highest BCUT2D eigenvalue weighted by Gasteiger charge is 2.28. The van der Waals surface area contributed by atoms with Gasteiger partial charge in [-0.2, -0.15) is 0 Å². The van der Waals surface area contributed by atoms with Crippen LogP contribution in [0.15, 0.2) is 12.3 Å². The quantitative estimate of drug-likeness (QED) is 0.868. The van der Waals surface area contributed by atoms with Gasteiger partial charge in [0.15, 0.2) is 0 Å². The van der Waals surface area contributed by atoms with E-state index >= 15 is 0 Å². The molecule has 0 fully saturated rings. The lowest BCUT2D eigenvalue weighted by atomic mass is 10.0. The molecule has 19 heavy (non-hydrogen) atoms. The fourth-order valence-corrected chi connectivity index (χ4v) is 1.63. The van der Waals surface area contributed by atoms with Crippen LogP contribution >= 0.6 is 11.6 Å². The van der Waals surface area contributed by atoms with Crippen LogP contribution < -0.4 is 5.32 Å². The number of halogens is 1. The Balaban J connectivity index is 3.08. The molecule has 106 valence electrons. The van der Waals surface area contributed by atoms with Crippen molar-refractivity contribution in [2.75, 3.05) is 25.5 Å². The summed E-state index contributed by atoms with van der Waals surface area (Å²) in [6.45, 7) is 6.09. The molecule has 1 heterocycles. The summed E-state index contributed by atoms with van der Waals surface area (Å²) in [6, 6.07) is 1.62. The SMILES string of the molecule is CCNc1cc(C(=O)N(C)C(C)(C)CO)c(Cl)cn1. The lowest BCUT2D eigenvalue weighted by Crippen LogP contribution is -2.47. The molecule has 5 nitrogen and oxygen atoms in total. The molecule has 0 unspecified atom stereocenters. The van der Waals surface area contributed by atoms with E-state index in [4.69, 9.17) is 11.6 Å². The number of aliphatic hydroxyl groups excluding tert-OH is 1. The van der Waals surface area contributed by atoms with Crippen molar-refractivity contribution in [3.8, 4) is 0 Å². The van der Waals surface area contributed by atoms with E-state index in [0.29, 0.717) is 22.9 Å². The van der Waals surface area contributed by atoms with Crippen molar-refractivity contribution in [3.05, 3.63) is 22.8 Å². The van der Waals surface area contributed by atoms with Gasteiger partial charge in [-0.3, -0.25) is 4.79 Å². The third-order valence-electron chi connectivity index (χ3n) is 3.04. The first-order valence-corrected chi connectivity index (χ1v) is 6.49. The van der Waals surface area contributed by atoms with Gasteiger partial charge < -0.3 is 15.3 Å². The number of nitrogens with one attached hydrogen (secondary N) is 1. The van der Waals surface area contributed by atoms with Crippen LogP contribution in [0.2, 0.25) is 5.02 Å². The first kappa shape index (κ1) is 15.7. The number of amides is 1. The van der Waals surface area contributed by atoms with Gasteiger partial charge in [0, 0.05) is 19.8 Å². The standard InChI is InChI=1S/C13H20ClN3O2/c1-5-15-11-6-9(10(14)7-16-11)12(19)17(4)13(2,3)8-18/h6-7,18H,5,8H2,1-4H3,(H,15,16). The predicted octanol–water partition coefficient (Wildman–Crippen LogP) is 2.01. The van der Waals surface area contributed by atoms with E-state index in [1.807, 2.05) is 6.92 Å². The van der Waals surface area contributed by atoms with Gasteiger partial charge in [0.25, 0.3) is 5.91 Å². The molecule has 1 aromatic rings. The van der Waals surface area contributed by atoms with Gasteiger partial charge in [-0.25, -0.2) is 4.98 Å². The van der Waals surface area contributed by atoms with Crippen molar-refractivity contribution in [2.45, 2.75) is 26.3 Å². The Morgan fingerprint density at radius 3 is 2.74 bits per heavy atom. The number of aromatic nitrogens is 1. The zero-order valence-electron chi connectivity index (χ0n) is 11.7. The van der Waals surface area contributed by atoms with Crippen molar-refractivity contribution < 1.29 is 9.90 Å². The fourth-order valence-electron chi connectivity index (χ4n) is 1.44. The summed E-state index contributed by atoms with van der Waals surface area (Å²) < 4.78 is 0. The number of carbonyl (C=O) groups is 1. The van der Waals surface area contributed by atoms with E-state index < -0.39 is 5.54 Å². The molecule has 6 heteroatoms. The summed E-state index contributed by atoms with van der Waals surface area (Å²) >= 11 is 6.03. The molecule has 0 saturated carbocycles. The highest BCUT2D eigenvalue weighted by atomic mass is 35.5. The summed E-state index contributed by atoms with van der Waals surface area (Å²) in [4.78, 5) is 18.0. The fraction of sp³-hybridized carbons (Fsp3) is 0.538. The van der Waals surface area contributed by atoms with E-state index in [1.54, 1.807) is 27.0 Å². The molecule has 1 amide bonds. The molecule has 1 rings (SSSR count). The monoisotopic (exact) mass is 285 g/mol. The minimum Gasteiger partial charge on any atom is -0.394 e. The van der Waals surface area contributed by atoms with Crippen molar-refractivity contribution in [3.63, 3.8) is 0 Å². The van der Waals surface area contributed by atoms with Gasteiger partial charge in [0.1, 0.15) is 5.82 Å². The lowest BCUT2D eigenvalue weighted by molar-refractivity contribution is 0.0473. The van der Waals surface area contributed by atoms with E-state index in [-0.39, 0.29) is 12.5 Å². The van der Waals surface area contributed by atoms with Crippen LogP contribution in [0.3, 0.4) is 0 Å². The summed E-state index contributed by atoms with van der Waals surface area (Å²) in [6.07, 6.45) is 1.45. The normalized spacial score (nSPS) is 11.3. The van der Waals surface area contributed by atoms with Crippen LogP contribution in [-0.4, -0.2) is 46.6 Å². The topological polar surface area (TPSA) is 65.5 Å². The minimum atomic E-state index is -0.651. The molecule has 0 radical (unpaired) electrons. The Bertz CT molecular complexity index is 463. The number of nitrogens with zero attached hydrogens (tertiary/aromatic N) is 2. The van der Waals surface area contributed by atoms with Crippen molar-refractivity contribution in [2.24, 2.45) is 0 Å². The highest BCUT2D eigenvalue weighted by molar-refractivity contribution is 6.33. The number of carbonyl (C=O) groups excluding carboxylic acids is 1. The van der Waals surface area contributed by atoms with E-state index in [1.165, 1.54) is 11.1 Å². The number of hydrogen-bond donors (Lipinski definition) is 2. The molecule has 0 bridgehead atoms. The van der Waals surface area contributed by atoms with Gasteiger partial charge in [-0.15, -0.1) is 0 Å². The first-order chi connectivity index (χ1) is 8.83. The summed E-state index contributed by atoms with van der Waals surface area (Å²) in [5, 5.41) is 12.6. The number of hydrogen-bond acceptors (Lipinski definition) is 4. The molecule has 0 aromatic carbocycles. The Labute approximate surface area is 118 Å². The zero-order valence-corrected chi connectivity index (χ0v) is 12.5. The molecular weight excluding hydrogens is 266 g/mol. The predicted molar refractivity (Wildman–Crippen MR) is 76.7 cm³/mol. The smallest absolute Gasteiger partial charge is 0.255 e. The molecule has 0 saturated heterocycles. The minimum absolute atomic E-state index is 0.127. The molecule has 0 spiro atoms. The molecule has 2 N–H and O–H groups in total. The summed E-state index contributed by atoms with van der Waals surface area (Å²) in [7, 11) is 1.64. The van der Waals surface area contributed by atoms with Gasteiger partial charge in [-0.05, 0) is 26.8 Å². The second kappa shape index (κ2) is 6.21. The van der Waals surface area contributed by atoms with Crippen LogP contribution in [0.1, 0.15) is 31.1 Å². The zero-order chi connectivity index (χ0) is 14.6. The van der Waals surface area contributed by atoms with Crippen LogP contribution in [0.25, 0.3) is 0 Å². The Morgan fingerprint density at radius 2 is 2.21 bits per heavy atom. The van der Waals surface area contributed by atoms with Crippen molar-refractivity contribution >= 4 is 23.3 Å². The summed E-state index contributed by atoms with van der Waals surface area (Å²) in [5.41, 5.74) is -0.279. The number of pyridine rings is 1. The maximum absolute atomic E-state index is 12.4. The van der Waals surface area contributed by atoms with Crippen LogP contribution in [0.5, 0.6) is 0 Å². The summed E-state index contributed by atoms with van der Waals surface area (Å²) in [5.74, 6) is 0.357. The largest absolute Gasteiger partial charge is 0.394 e. The number of likely N-dealkylation sites (N-methyl/N-ethyl adjacent to an activating group) is 1. The average Bonchev–Trinajstić information content (AvgIpc) is 2.39. The third-order valence-corrected chi connectivity index (χ3v) is 3.34. The van der Waals surface area contributed by atoms with Gasteiger partial charge in [0.05, 0.1) is 22.7 Å².